The number of nitrogens with one attached hydrogen (secondary N) is 2. The van der Waals surface area contributed by atoms with Gasteiger partial charge in [-0.05, 0) is 30.6 Å². The minimum atomic E-state index is 0. The fraction of sp³-hybridized carbons (Fsp3) is 0.929. The van der Waals surface area contributed by atoms with Crippen molar-refractivity contribution in [2.24, 2.45) is 16.3 Å². The number of unbranched alkanes of at least 4 members (excludes halogenated alkanes) is 1. The topological polar surface area (TPSA) is 36.4 Å². The average molecular weight is 367 g/mol. The standard InChI is InChI=1S/C14H29N3.HI/c1-11-10-12(11)17-13(15-5)16-9-7-6-8-14(2,3)4;/h11-12H,6-10H2,1-5H3,(H2,15,16,17);1H. The summed E-state index contributed by atoms with van der Waals surface area (Å²) in [4.78, 5) is 4.24. The minimum Gasteiger partial charge on any atom is -0.356 e. The van der Waals surface area contributed by atoms with Gasteiger partial charge in [0.25, 0.3) is 0 Å². The Hall–Kier alpha value is 0. The van der Waals surface area contributed by atoms with Crippen LogP contribution in [0.25, 0.3) is 0 Å². The van der Waals surface area contributed by atoms with Crippen LogP contribution in [-0.2, 0) is 0 Å². The molecule has 1 aliphatic carbocycles. The largest absolute Gasteiger partial charge is 0.356 e. The first kappa shape index (κ1) is 18.0. The lowest BCUT2D eigenvalue weighted by Crippen LogP contribution is -2.39. The summed E-state index contributed by atoms with van der Waals surface area (Å²) in [6.07, 6.45) is 5.08. The molecule has 1 fully saturated rings. The van der Waals surface area contributed by atoms with E-state index in [0.29, 0.717) is 11.5 Å². The average Bonchev–Trinajstić information content (AvgIpc) is 2.90. The van der Waals surface area contributed by atoms with E-state index in [1.807, 2.05) is 7.05 Å². The maximum Gasteiger partial charge on any atom is 0.191 e. The van der Waals surface area contributed by atoms with Gasteiger partial charge >= 0.3 is 0 Å². The first-order valence-electron chi connectivity index (χ1n) is 6.89. The molecule has 4 heteroatoms. The zero-order valence-electron chi connectivity index (χ0n) is 12.5. The lowest BCUT2D eigenvalue weighted by Gasteiger charge is -2.18. The Kier molecular flexibility index (Phi) is 8.23. The lowest BCUT2D eigenvalue weighted by atomic mass is 9.90. The van der Waals surface area contributed by atoms with E-state index < -0.39 is 0 Å². The molecular weight excluding hydrogens is 337 g/mol. The number of hydrogen-bond donors (Lipinski definition) is 2. The van der Waals surface area contributed by atoms with Crippen LogP contribution in [0.2, 0.25) is 0 Å². The zero-order valence-corrected chi connectivity index (χ0v) is 14.9. The van der Waals surface area contributed by atoms with Gasteiger partial charge in [-0.1, -0.05) is 34.1 Å². The van der Waals surface area contributed by atoms with Gasteiger partial charge in [0, 0.05) is 19.6 Å². The first-order chi connectivity index (χ1) is 7.92. The second-order valence-electron chi connectivity index (χ2n) is 6.48. The Bertz CT molecular complexity index is 258. The fourth-order valence-corrected chi connectivity index (χ4v) is 1.88. The summed E-state index contributed by atoms with van der Waals surface area (Å²) in [5.41, 5.74) is 0.462. The molecule has 2 unspecified atom stereocenters. The molecule has 0 spiro atoms. The van der Waals surface area contributed by atoms with Crippen LogP contribution in [0.4, 0.5) is 0 Å². The Labute approximate surface area is 130 Å². The molecule has 0 radical (unpaired) electrons. The number of aliphatic imine (C=N–C) groups is 1. The van der Waals surface area contributed by atoms with Crippen LogP contribution < -0.4 is 10.6 Å². The van der Waals surface area contributed by atoms with E-state index in [-0.39, 0.29) is 24.0 Å². The summed E-state index contributed by atoms with van der Waals surface area (Å²) in [5, 5.41) is 6.82. The first-order valence-corrected chi connectivity index (χ1v) is 6.89. The monoisotopic (exact) mass is 367 g/mol. The lowest BCUT2D eigenvalue weighted by molar-refractivity contribution is 0.360. The minimum absolute atomic E-state index is 0. The zero-order chi connectivity index (χ0) is 12.9. The van der Waals surface area contributed by atoms with Crippen molar-refractivity contribution >= 4 is 29.9 Å². The molecule has 2 N–H and O–H groups in total. The van der Waals surface area contributed by atoms with Crippen molar-refractivity contribution in [1.82, 2.24) is 10.6 Å². The molecule has 0 aromatic carbocycles. The molecule has 0 bridgehead atoms. The van der Waals surface area contributed by atoms with Gasteiger partial charge in [0.05, 0.1) is 0 Å². The summed E-state index contributed by atoms with van der Waals surface area (Å²) in [5.74, 6) is 1.78. The second-order valence-corrected chi connectivity index (χ2v) is 6.48. The van der Waals surface area contributed by atoms with Gasteiger partial charge in [0.1, 0.15) is 0 Å². The van der Waals surface area contributed by atoms with Crippen LogP contribution in [0.1, 0.15) is 53.4 Å². The summed E-state index contributed by atoms with van der Waals surface area (Å²) in [6.45, 7) is 10.2. The molecule has 0 aliphatic heterocycles. The highest BCUT2D eigenvalue weighted by molar-refractivity contribution is 14.0. The van der Waals surface area contributed by atoms with Crippen molar-refractivity contribution in [1.29, 1.82) is 0 Å². The van der Waals surface area contributed by atoms with Crippen LogP contribution in [-0.4, -0.2) is 25.6 Å². The normalized spacial score (nSPS) is 23.3. The summed E-state index contributed by atoms with van der Waals surface area (Å²) < 4.78 is 0. The van der Waals surface area contributed by atoms with Crippen molar-refractivity contribution in [3.8, 4) is 0 Å². The molecule has 0 amide bonds. The molecule has 0 heterocycles. The molecule has 1 rings (SSSR count). The Morgan fingerprint density at radius 3 is 2.33 bits per heavy atom. The van der Waals surface area contributed by atoms with Crippen molar-refractivity contribution in [2.75, 3.05) is 13.6 Å². The van der Waals surface area contributed by atoms with Crippen molar-refractivity contribution in [2.45, 2.75) is 59.4 Å². The van der Waals surface area contributed by atoms with Crippen LogP contribution in [0.3, 0.4) is 0 Å². The van der Waals surface area contributed by atoms with Gasteiger partial charge in [-0.25, -0.2) is 0 Å². The van der Waals surface area contributed by atoms with E-state index in [1.54, 1.807) is 0 Å². The second kappa shape index (κ2) is 8.23. The molecule has 18 heavy (non-hydrogen) atoms. The Morgan fingerprint density at radius 1 is 1.28 bits per heavy atom. The van der Waals surface area contributed by atoms with Gasteiger partial charge in [-0.15, -0.1) is 24.0 Å². The third kappa shape index (κ3) is 8.16. The van der Waals surface area contributed by atoms with Gasteiger partial charge in [0.15, 0.2) is 5.96 Å². The van der Waals surface area contributed by atoms with Crippen LogP contribution in [0.15, 0.2) is 4.99 Å². The molecule has 0 aromatic rings. The van der Waals surface area contributed by atoms with E-state index in [2.05, 4.69) is 43.3 Å². The molecule has 1 saturated carbocycles. The van der Waals surface area contributed by atoms with E-state index in [4.69, 9.17) is 0 Å². The summed E-state index contributed by atoms with van der Waals surface area (Å²) in [7, 11) is 1.84. The maximum absolute atomic E-state index is 4.24. The highest BCUT2D eigenvalue weighted by atomic mass is 127. The fourth-order valence-electron chi connectivity index (χ4n) is 1.88. The smallest absolute Gasteiger partial charge is 0.191 e. The molecule has 0 saturated heterocycles. The van der Waals surface area contributed by atoms with Crippen LogP contribution >= 0.6 is 24.0 Å². The van der Waals surface area contributed by atoms with Gasteiger partial charge < -0.3 is 10.6 Å². The predicted molar refractivity (Wildman–Crippen MR) is 90.8 cm³/mol. The Balaban J connectivity index is 0.00000289. The van der Waals surface area contributed by atoms with Gasteiger partial charge in [-0.3, -0.25) is 4.99 Å². The van der Waals surface area contributed by atoms with Crippen molar-refractivity contribution in [3.63, 3.8) is 0 Å². The quantitative estimate of drug-likeness (QED) is 0.338. The molecule has 0 aromatic heterocycles. The number of halogens is 1. The number of guanidine groups is 1. The van der Waals surface area contributed by atoms with Crippen molar-refractivity contribution in [3.05, 3.63) is 0 Å². The molecule has 3 nitrogen and oxygen atoms in total. The third-order valence-electron chi connectivity index (χ3n) is 3.30. The van der Waals surface area contributed by atoms with Gasteiger partial charge in [-0.2, -0.15) is 0 Å². The van der Waals surface area contributed by atoms with Crippen LogP contribution in [0.5, 0.6) is 0 Å². The number of hydrogen-bond acceptors (Lipinski definition) is 1. The summed E-state index contributed by atoms with van der Waals surface area (Å²) in [6, 6.07) is 0.649. The molecular formula is C14H30IN3. The number of rotatable bonds is 5. The van der Waals surface area contributed by atoms with E-state index in [1.165, 1.54) is 25.7 Å². The van der Waals surface area contributed by atoms with E-state index >= 15 is 0 Å². The summed E-state index contributed by atoms with van der Waals surface area (Å²) >= 11 is 0. The molecule has 2 atom stereocenters. The third-order valence-corrected chi connectivity index (χ3v) is 3.30. The predicted octanol–water partition coefficient (Wildman–Crippen LogP) is 3.39. The van der Waals surface area contributed by atoms with Gasteiger partial charge in [0.2, 0.25) is 0 Å². The molecule has 108 valence electrons. The van der Waals surface area contributed by atoms with Crippen molar-refractivity contribution < 1.29 is 0 Å². The maximum atomic E-state index is 4.24. The van der Waals surface area contributed by atoms with Crippen LogP contribution in [0, 0.1) is 11.3 Å². The highest BCUT2D eigenvalue weighted by Crippen LogP contribution is 2.28. The molecule has 1 aliphatic rings. The highest BCUT2D eigenvalue weighted by Gasteiger charge is 2.33. The van der Waals surface area contributed by atoms with E-state index in [9.17, 15) is 0 Å². The number of nitrogens with zero attached hydrogens (tertiary/aromatic N) is 1. The SMILES string of the molecule is CN=C(NCCCCC(C)(C)C)NC1CC1C.I. The Morgan fingerprint density at radius 2 is 1.89 bits per heavy atom. The van der Waals surface area contributed by atoms with E-state index in [0.717, 1.165) is 18.4 Å².